The van der Waals surface area contributed by atoms with Crippen LogP contribution >= 0.6 is 0 Å². The molecule has 1 amide bonds. The number of aliphatic carboxylic acids is 1. The summed E-state index contributed by atoms with van der Waals surface area (Å²) >= 11 is 0. The van der Waals surface area contributed by atoms with Gasteiger partial charge in [-0.1, -0.05) is 0 Å². The van der Waals surface area contributed by atoms with Crippen molar-refractivity contribution in [2.24, 2.45) is 0 Å². The van der Waals surface area contributed by atoms with Gasteiger partial charge in [-0.05, 0) is 43.2 Å². The number of nitrogens with one attached hydrogen (secondary N) is 1. The van der Waals surface area contributed by atoms with Crippen LogP contribution in [0.1, 0.15) is 23.3 Å². The van der Waals surface area contributed by atoms with Gasteiger partial charge in [0.1, 0.15) is 17.5 Å². The van der Waals surface area contributed by atoms with Crippen molar-refractivity contribution in [1.82, 2.24) is 15.1 Å². The van der Waals surface area contributed by atoms with Crippen molar-refractivity contribution >= 4 is 11.9 Å². The minimum absolute atomic E-state index is 0.295. The minimum atomic E-state index is -0.967. The van der Waals surface area contributed by atoms with Crippen LogP contribution in [0, 0.1) is 0 Å². The van der Waals surface area contributed by atoms with E-state index in [2.05, 4.69) is 10.2 Å². The fourth-order valence-corrected chi connectivity index (χ4v) is 2.76. The number of nitrogens with zero attached hydrogens (tertiary/aromatic N) is 2. The predicted molar refractivity (Wildman–Crippen MR) is 82.3 cm³/mol. The molecular weight excluding hydrogens is 298 g/mol. The maximum absolute atomic E-state index is 12.5. The molecule has 1 aliphatic heterocycles. The summed E-state index contributed by atoms with van der Waals surface area (Å²) in [5.41, 5.74) is 1.77. The summed E-state index contributed by atoms with van der Waals surface area (Å²) in [6.07, 6.45) is 1.18. The molecule has 120 valence electrons. The van der Waals surface area contributed by atoms with E-state index in [1.54, 1.807) is 13.2 Å². The molecule has 7 heteroatoms. The van der Waals surface area contributed by atoms with Crippen LogP contribution in [-0.4, -0.2) is 51.8 Å². The van der Waals surface area contributed by atoms with Crippen molar-refractivity contribution in [3.05, 3.63) is 36.0 Å². The number of likely N-dealkylation sites (tertiary alicyclic amines) is 1. The number of carboxylic acids is 1. The third kappa shape index (κ3) is 2.90. The van der Waals surface area contributed by atoms with Crippen molar-refractivity contribution in [2.75, 3.05) is 13.7 Å². The average molecular weight is 315 g/mol. The highest BCUT2D eigenvalue weighted by molar-refractivity contribution is 5.96. The Morgan fingerprint density at radius 2 is 2.09 bits per heavy atom. The highest BCUT2D eigenvalue weighted by atomic mass is 16.5. The maximum Gasteiger partial charge on any atom is 0.326 e. The van der Waals surface area contributed by atoms with Crippen molar-refractivity contribution in [3.63, 3.8) is 0 Å². The summed E-state index contributed by atoms with van der Waals surface area (Å²) in [4.78, 5) is 25.1. The highest BCUT2D eigenvalue weighted by Crippen LogP contribution is 2.24. The molecule has 1 fully saturated rings. The van der Waals surface area contributed by atoms with E-state index in [1.165, 1.54) is 4.90 Å². The van der Waals surface area contributed by atoms with E-state index in [0.29, 0.717) is 30.8 Å². The first kappa shape index (κ1) is 15.1. The Hall–Kier alpha value is -2.83. The van der Waals surface area contributed by atoms with Crippen molar-refractivity contribution < 1.29 is 19.4 Å². The Labute approximate surface area is 132 Å². The van der Waals surface area contributed by atoms with Crippen LogP contribution in [0.25, 0.3) is 11.3 Å². The first-order valence-electron chi connectivity index (χ1n) is 7.34. The smallest absolute Gasteiger partial charge is 0.326 e. The normalized spacial score (nSPS) is 17.3. The molecule has 1 atom stereocenters. The number of carbonyl (C=O) groups excluding carboxylic acids is 1. The molecule has 2 heterocycles. The summed E-state index contributed by atoms with van der Waals surface area (Å²) in [6.45, 7) is 0.451. The molecule has 7 nitrogen and oxygen atoms in total. The Morgan fingerprint density at radius 3 is 2.74 bits per heavy atom. The average Bonchev–Trinajstić information content (AvgIpc) is 3.23. The number of H-pyrrole nitrogens is 1. The summed E-state index contributed by atoms with van der Waals surface area (Å²) in [7, 11) is 1.59. The lowest BCUT2D eigenvalue weighted by Crippen LogP contribution is -2.40. The molecule has 1 aromatic heterocycles. The van der Waals surface area contributed by atoms with E-state index in [0.717, 1.165) is 11.3 Å². The van der Waals surface area contributed by atoms with Gasteiger partial charge in [0.2, 0.25) is 0 Å². The molecule has 0 spiro atoms. The molecule has 23 heavy (non-hydrogen) atoms. The van der Waals surface area contributed by atoms with Crippen LogP contribution in [0.15, 0.2) is 30.3 Å². The zero-order valence-electron chi connectivity index (χ0n) is 12.7. The third-order valence-corrected chi connectivity index (χ3v) is 3.99. The number of rotatable bonds is 4. The fourth-order valence-electron chi connectivity index (χ4n) is 2.76. The molecule has 2 aromatic rings. The Balaban J connectivity index is 1.80. The molecule has 0 unspecified atom stereocenters. The van der Waals surface area contributed by atoms with Gasteiger partial charge in [0.25, 0.3) is 5.91 Å². The second kappa shape index (κ2) is 6.12. The Morgan fingerprint density at radius 1 is 1.35 bits per heavy atom. The highest BCUT2D eigenvalue weighted by Gasteiger charge is 2.35. The van der Waals surface area contributed by atoms with E-state index in [-0.39, 0.29) is 5.91 Å². The van der Waals surface area contributed by atoms with Crippen LogP contribution in [0.3, 0.4) is 0 Å². The number of aromatic amines is 1. The number of ether oxygens (including phenoxy) is 1. The topological polar surface area (TPSA) is 95.5 Å². The summed E-state index contributed by atoms with van der Waals surface area (Å²) in [5, 5.41) is 16.0. The number of hydrogen-bond acceptors (Lipinski definition) is 4. The molecule has 1 aliphatic rings. The number of amides is 1. The van der Waals surface area contributed by atoms with Crippen molar-refractivity contribution in [3.8, 4) is 17.0 Å². The number of carboxylic acid groups (broad SMARTS) is 1. The molecule has 0 bridgehead atoms. The van der Waals surface area contributed by atoms with Gasteiger partial charge >= 0.3 is 5.97 Å². The predicted octanol–water partition coefficient (Wildman–Crippen LogP) is 1.77. The number of carbonyl (C=O) groups is 2. The van der Waals surface area contributed by atoms with E-state index < -0.39 is 12.0 Å². The number of aromatic nitrogens is 2. The van der Waals surface area contributed by atoms with Gasteiger partial charge in [-0.15, -0.1) is 0 Å². The van der Waals surface area contributed by atoms with E-state index in [1.807, 2.05) is 24.3 Å². The number of benzene rings is 1. The lowest BCUT2D eigenvalue weighted by molar-refractivity contribution is -0.141. The second-order valence-electron chi connectivity index (χ2n) is 5.39. The van der Waals surface area contributed by atoms with Gasteiger partial charge in [0.05, 0.1) is 12.8 Å². The van der Waals surface area contributed by atoms with Crippen LogP contribution in [0.2, 0.25) is 0 Å². The SMILES string of the molecule is COc1ccc(-c2cc(C(=O)N3CCC[C@H]3C(=O)O)[nH]n2)cc1. The van der Waals surface area contributed by atoms with Crippen LogP contribution in [0.5, 0.6) is 5.75 Å². The molecule has 1 saturated heterocycles. The summed E-state index contributed by atoms with van der Waals surface area (Å²) < 4.78 is 5.11. The first-order valence-corrected chi connectivity index (χ1v) is 7.34. The van der Waals surface area contributed by atoms with E-state index in [9.17, 15) is 14.7 Å². The standard InChI is InChI=1S/C16H17N3O4/c1-23-11-6-4-10(5-7-11)12-9-13(18-17-12)15(20)19-8-2-3-14(19)16(21)22/h4-7,9,14H,2-3,8H2,1H3,(H,17,18)(H,21,22)/t14-/m0/s1. The van der Waals surface area contributed by atoms with Crippen LogP contribution in [-0.2, 0) is 4.79 Å². The lowest BCUT2D eigenvalue weighted by Gasteiger charge is -2.20. The third-order valence-electron chi connectivity index (χ3n) is 3.99. The molecule has 2 N–H and O–H groups in total. The van der Waals surface area contributed by atoms with Gasteiger partial charge in [-0.25, -0.2) is 4.79 Å². The van der Waals surface area contributed by atoms with Gasteiger partial charge in [-0.2, -0.15) is 5.10 Å². The van der Waals surface area contributed by atoms with E-state index in [4.69, 9.17) is 4.74 Å². The van der Waals surface area contributed by atoms with Crippen molar-refractivity contribution in [1.29, 1.82) is 0 Å². The van der Waals surface area contributed by atoms with E-state index >= 15 is 0 Å². The molecule has 0 aliphatic carbocycles. The number of methoxy groups -OCH3 is 1. The van der Waals surface area contributed by atoms with Crippen molar-refractivity contribution in [2.45, 2.75) is 18.9 Å². The monoisotopic (exact) mass is 315 g/mol. The molecule has 0 saturated carbocycles. The van der Waals surface area contributed by atoms with Gasteiger partial charge in [-0.3, -0.25) is 9.89 Å². The Kier molecular flexibility index (Phi) is 4.01. The van der Waals surface area contributed by atoms with Gasteiger partial charge in [0.15, 0.2) is 0 Å². The minimum Gasteiger partial charge on any atom is -0.497 e. The molecular formula is C16H17N3O4. The zero-order chi connectivity index (χ0) is 16.4. The Bertz CT molecular complexity index is 723. The maximum atomic E-state index is 12.5. The second-order valence-corrected chi connectivity index (χ2v) is 5.39. The lowest BCUT2D eigenvalue weighted by atomic mass is 10.1. The first-order chi connectivity index (χ1) is 11.1. The quantitative estimate of drug-likeness (QED) is 0.896. The fraction of sp³-hybridized carbons (Fsp3) is 0.312. The number of hydrogen-bond donors (Lipinski definition) is 2. The summed E-state index contributed by atoms with van der Waals surface area (Å²) in [5.74, 6) is -0.560. The van der Waals surface area contributed by atoms with Crippen LogP contribution < -0.4 is 4.74 Å². The largest absolute Gasteiger partial charge is 0.497 e. The van der Waals surface area contributed by atoms with Gasteiger partial charge < -0.3 is 14.7 Å². The van der Waals surface area contributed by atoms with Gasteiger partial charge in [0, 0.05) is 12.1 Å². The molecule has 3 rings (SSSR count). The molecule has 0 radical (unpaired) electrons. The zero-order valence-corrected chi connectivity index (χ0v) is 12.7. The summed E-state index contributed by atoms with van der Waals surface area (Å²) in [6, 6.07) is 8.20. The van der Waals surface area contributed by atoms with Crippen LogP contribution in [0.4, 0.5) is 0 Å². The molecule has 1 aromatic carbocycles.